The number of ether oxygens (including phenoxy) is 1. The fourth-order valence-electron chi connectivity index (χ4n) is 3.40. The Morgan fingerprint density at radius 2 is 1.65 bits per heavy atom. The molecule has 0 saturated carbocycles. The van der Waals surface area contributed by atoms with Crippen molar-refractivity contribution in [2.24, 2.45) is 0 Å². The van der Waals surface area contributed by atoms with Gasteiger partial charge in [-0.25, -0.2) is 8.42 Å². The third-order valence-corrected chi connectivity index (χ3v) is 6.61. The second kappa shape index (κ2) is 10.2. The van der Waals surface area contributed by atoms with Crippen molar-refractivity contribution in [3.8, 4) is 5.75 Å². The molecule has 3 aromatic rings. The highest BCUT2D eigenvalue weighted by atomic mass is 32.2. The second-order valence-corrected chi connectivity index (χ2v) is 9.19. The summed E-state index contributed by atoms with van der Waals surface area (Å²) >= 11 is 0. The Labute approximate surface area is 195 Å². The molecule has 0 bridgehead atoms. The molecule has 3 aromatic carbocycles. The van der Waals surface area contributed by atoms with E-state index < -0.39 is 34.4 Å². The van der Waals surface area contributed by atoms with Gasteiger partial charge >= 0.3 is 6.18 Å². The Morgan fingerprint density at radius 1 is 1.00 bits per heavy atom. The van der Waals surface area contributed by atoms with Gasteiger partial charge in [-0.1, -0.05) is 48.5 Å². The van der Waals surface area contributed by atoms with Crippen LogP contribution in [0.4, 0.5) is 24.5 Å². The van der Waals surface area contributed by atoms with Crippen LogP contribution in [0.3, 0.4) is 0 Å². The Morgan fingerprint density at radius 3 is 2.29 bits per heavy atom. The molecule has 1 atom stereocenters. The first-order valence-electron chi connectivity index (χ1n) is 10.2. The summed E-state index contributed by atoms with van der Waals surface area (Å²) in [6.45, 7) is 1.57. The molecule has 0 radical (unpaired) electrons. The number of alkyl halides is 3. The van der Waals surface area contributed by atoms with Gasteiger partial charge in [0.2, 0.25) is 5.91 Å². The van der Waals surface area contributed by atoms with Gasteiger partial charge in [0.25, 0.3) is 10.0 Å². The van der Waals surface area contributed by atoms with E-state index >= 15 is 0 Å². The van der Waals surface area contributed by atoms with Crippen LogP contribution < -0.4 is 14.8 Å². The number of hydrogen-bond donors (Lipinski definition) is 2. The summed E-state index contributed by atoms with van der Waals surface area (Å²) in [5, 5.41) is 2.38. The number of methoxy groups -OCH3 is 1. The Kier molecular flexibility index (Phi) is 7.51. The third-order valence-electron chi connectivity index (χ3n) is 5.10. The number of nitrogens with one attached hydrogen (secondary N) is 2. The molecule has 0 heterocycles. The van der Waals surface area contributed by atoms with E-state index in [9.17, 15) is 26.4 Å². The van der Waals surface area contributed by atoms with E-state index in [-0.39, 0.29) is 21.8 Å². The van der Waals surface area contributed by atoms with Crippen molar-refractivity contribution in [1.82, 2.24) is 0 Å². The van der Waals surface area contributed by atoms with Crippen molar-refractivity contribution in [2.45, 2.75) is 30.3 Å². The smallest absolute Gasteiger partial charge is 0.396 e. The molecule has 0 aliphatic carbocycles. The second-order valence-electron chi connectivity index (χ2n) is 7.54. The molecule has 0 fully saturated rings. The van der Waals surface area contributed by atoms with E-state index in [0.29, 0.717) is 11.3 Å². The van der Waals surface area contributed by atoms with Crippen LogP contribution in [-0.2, 0) is 14.8 Å². The molecule has 6 nitrogen and oxygen atoms in total. The first kappa shape index (κ1) is 25.1. The summed E-state index contributed by atoms with van der Waals surface area (Å²) in [7, 11) is -2.68. The molecule has 0 spiro atoms. The average molecular weight is 493 g/mol. The van der Waals surface area contributed by atoms with E-state index in [1.165, 1.54) is 55.6 Å². The molecular weight excluding hydrogens is 469 g/mol. The summed E-state index contributed by atoms with van der Waals surface area (Å²) in [6, 6.07) is 17.7. The molecule has 0 saturated heterocycles. The number of anilines is 2. The molecule has 2 N–H and O–H groups in total. The number of sulfonamides is 1. The summed E-state index contributed by atoms with van der Waals surface area (Å²) in [6.07, 6.45) is -5.47. The minimum absolute atomic E-state index is 0.0293. The van der Waals surface area contributed by atoms with Gasteiger partial charge in [-0.3, -0.25) is 9.52 Å². The molecule has 0 aliphatic heterocycles. The third kappa shape index (κ3) is 6.07. The standard InChI is InChI=1S/C24H23F3N2O4S/c1-16-12-13-18(14-22(16)34(31,32)29-20-10-6-7-11-21(20)33-2)28-23(30)15-19(24(25,26)27)17-8-4-3-5-9-17/h3-14,19,29H,15H2,1-2H3,(H,28,30). The van der Waals surface area contributed by atoms with Gasteiger partial charge in [-0.2, -0.15) is 13.2 Å². The highest BCUT2D eigenvalue weighted by molar-refractivity contribution is 7.92. The Bertz CT molecular complexity index is 1260. The van der Waals surface area contributed by atoms with E-state index in [4.69, 9.17) is 4.74 Å². The highest BCUT2D eigenvalue weighted by Crippen LogP contribution is 2.37. The maximum Gasteiger partial charge on any atom is 0.396 e. The van der Waals surface area contributed by atoms with Crippen LogP contribution in [0.2, 0.25) is 0 Å². The van der Waals surface area contributed by atoms with Crippen LogP contribution >= 0.6 is 0 Å². The summed E-state index contributed by atoms with van der Waals surface area (Å²) in [5.74, 6) is -2.57. The van der Waals surface area contributed by atoms with Crippen molar-refractivity contribution in [1.29, 1.82) is 0 Å². The lowest BCUT2D eigenvalue weighted by Crippen LogP contribution is -2.26. The Balaban J connectivity index is 1.82. The van der Waals surface area contributed by atoms with Crippen LogP contribution in [0.1, 0.15) is 23.5 Å². The normalized spacial score (nSPS) is 12.6. The lowest BCUT2D eigenvalue weighted by atomic mass is 9.94. The quantitative estimate of drug-likeness (QED) is 0.436. The molecule has 1 unspecified atom stereocenters. The molecule has 1 amide bonds. The summed E-state index contributed by atoms with van der Waals surface area (Å²) in [5.41, 5.74) is 0.635. The average Bonchev–Trinajstić information content (AvgIpc) is 2.78. The van der Waals surface area contributed by atoms with Crippen LogP contribution in [0.5, 0.6) is 5.75 Å². The number of amides is 1. The molecule has 180 valence electrons. The lowest BCUT2D eigenvalue weighted by Gasteiger charge is -2.20. The zero-order valence-corrected chi connectivity index (χ0v) is 19.2. The number of rotatable bonds is 8. The number of aryl methyl sites for hydroxylation is 1. The van der Waals surface area contributed by atoms with Crippen molar-refractivity contribution in [3.63, 3.8) is 0 Å². The monoisotopic (exact) mass is 492 g/mol. The number of benzene rings is 3. The van der Waals surface area contributed by atoms with Crippen molar-refractivity contribution in [2.75, 3.05) is 17.1 Å². The SMILES string of the molecule is COc1ccccc1NS(=O)(=O)c1cc(NC(=O)CC(c2ccccc2)C(F)(F)F)ccc1C. The fraction of sp³-hybridized carbons (Fsp3) is 0.208. The van der Waals surface area contributed by atoms with E-state index in [0.717, 1.165) is 0 Å². The van der Waals surface area contributed by atoms with E-state index in [2.05, 4.69) is 10.0 Å². The zero-order valence-electron chi connectivity index (χ0n) is 18.4. The number of hydrogen-bond acceptors (Lipinski definition) is 4. The minimum atomic E-state index is -4.63. The van der Waals surface area contributed by atoms with Crippen LogP contribution in [0.15, 0.2) is 77.7 Å². The van der Waals surface area contributed by atoms with Gasteiger partial charge in [0.15, 0.2) is 0 Å². The van der Waals surface area contributed by atoms with Gasteiger partial charge in [0.05, 0.1) is 23.6 Å². The topological polar surface area (TPSA) is 84.5 Å². The predicted octanol–water partition coefficient (Wildman–Crippen LogP) is 5.48. The number of para-hydroxylation sites is 2. The zero-order chi connectivity index (χ0) is 24.9. The van der Waals surface area contributed by atoms with E-state index in [1.54, 1.807) is 31.2 Å². The van der Waals surface area contributed by atoms with Gasteiger partial charge in [-0.15, -0.1) is 0 Å². The fourth-order valence-corrected chi connectivity index (χ4v) is 4.74. The summed E-state index contributed by atoms with van der Waals surface area (Å²) < 4.78 is 74.3. The highest BCUT2D eigenvalue weighted by Gasteiger charge is 2.41. The first-order chi connectivity index (χ1) is 16.0. The van der Waals surface area contributed by atoms with Crippen LogP contribution in [-0.4, -0.2) is 27.6 Å². The predicted molar refractivity (Wildman–Crippen MR) is 123 cm³/mol. The molecule has 0 aliphatic rings. The molecule has 0 aromatic heterocycles. The van der Waals surface area contributed by atoms with Gasteiger partial charge in [0, 0.05) is 12.1 Å². The van der Waals surface area contributed by atoms with Crippen LogP contribution in [0, 0.1) is 6.92 Å². The maximum atomic E-state index is 13.6. The van der Waals surface area contributed by atoms with Crippen molar-refractivity contribution >= 4 is 27.3 Å². The molecular formula is C24H23F3N2O4S. The molecule has 10 heteroatoms. The molecule has 34 heavy (non-hydrogen) atoms. The maximum absolute atomic E-state index is 13.6. The van der Waals surface area contributed by atoms with Crippen LogP contribution in [0.25, 0.3) is 0 Å². The largest absolute Gasteiger partial charge is 0.495 e. The van der Waals surface area contributed by atoms with Crippen molar-refractivity contribution < 1.29 is 31.1 Å². The number of halogens is 3. The Hall–Kier alpha value is -3.53. The van der Waals surface area contributed by atoms with Gasteiger partial charge < -0.3 is 10.1 Å². The number of carbonyl (C=O) groups is 1. The van der Waals surface area contributed by atoms with E-state index in [1.807, 2.05) is 0 Å². The van der Waals surface area contributed by atoms with Gasteiger partial charge in [-0.05, 0) is 42.3 Å². The first-order valence-corrected chi connectivity index (χ1v) is 11.7. The summed E-state index contributed by atoms with van der Waals surface area (Å²) in [4.78, 5) is 12.3. The lowest BCUT2D eigenvalue weighted by molar-refractivity contribution is -0.155. The van der Waals surface area contributed by atoms with Gasteiger partial charge in [0.1, 0.15) is 5.75 Å². The van der Waals surface area contributed by atoms with Crippen molar-refractivity contribution in [3.05, 3.63) is 83.9 Å². The minimum Gasteiger partial charge on any atom is -0.495 e. The molecule has 3 rings (SSSR count). The number of carbonyl (C=O) groups excluding carboxylic acids is 1.